The number of aromatic nitrogens is 2. The molecule has 1 atom stereocenters. The van der Waals surface area contributed by atoms with E-state index >= 15 is 0 Å². The fourth-order valence-corrected chi connectivity index (χ4v) is 4.90. The predicted octanol–water partition coefficient (Wildman–Crippen LogP) is 5.09. The van der Waals surface area contributed by atoms with E-state index in [2.05, 4.69) is 17.2 Å². The Morgan fingerprint density at radius 3 is 2.45 bits per heavy atom. The van der Waals surface area contributed by atoms with Crippen LogP contribution in [0.1, 0.15) is 36.2 Å². The molecule has 4 rings (SSSR count). The average Bonchev–Trinajstić information content (AvgIpc) is 3.13. The minimum Gasteiger partial charge on any atom is -0.348 e. The van der Waals surface area contributed by atoms with Crippen molar-refractivity contribution in [2.45, 2.75) is 39.3 Å². The maximum absolute atomic E-state index is 13.3. The Hall–Kier alpha value is -3.25. The highest BCUT2D eigenvalue weighted by molar-refractivity contribution is 7.19. The molecule has 0 bridgehead atoms. The molecule has 0 aliphatic rings. The van der Waals surface area contributed by atoms with Gasteiger partial charge in [-0.1, -0.05) is 74.0 Å². The molecule has 31 heavy (non-hydrogen) atoms. The monoisotopic (exact) mass is 431 g/mol. The minimum absolute atomic E-state index is 0.0576. The van der Waals surface area contributed by atoms with Crippen molar-refractivity contribution in [3.05, 3.63) is 87.8 Å². The van der Waals surface area contributed by atoms with Crippen LogP contribution in [0.2, 0.25) is 0 Å². The molecule has 4 aromatic rings. The number of carbonyl (C=O) groups is 1. The Bertz CT molecular complexity index is 1250. The van der Waals surface area contributed by atoms with Crippen LogP contribution in [0.4, 0.5) is 0 Å². The number of fused-ring (bicyclic) bond motifs is 1. The molecule has 0 radical (unpaired) electrons. The Kier molecular flexibility index (Phi) is 6.28. The SMILES string of the molecule is CCC[C@H](NC(=O)Cn1cnc2sc(C)c(-c3ccccc3)c2c1=O)c1ccccc1. The van der Waals surface area contributed by atoms with Gasteiger partial charge in [0.2, 0.25) is 5.91 Å². The minimum atomic E-state index is -0.196. The lowest BCUT2D eigenvalue weighted by molar-refractivity contribution is -0.122. The number of carbonyl (C=O) groups excluding carboxylic acids is 1. The summed E-state index contributed by atoms with van der Waals surface area (Å²) in [5, 5.41) is 3.67. The van der Waals surface area contributed by atoms with Gasteiger partial charge in [-0.25, -0.2) is 4.98 Å². The third-order valence-corrected chi connectivity index (χ3v) is 6.36. The van der Waals surface area contributed by atoms with Gasteiger partial charge in [-0.2, -0.15) is 0 Å². The average molecular weight is 432 g/mol. The number of hydrogen-bond donors (Lipinski definition) is 1. The fraction of sp³-hybridized carbons (Fsp3) is 0.240. The number of rotatable bonds is 7. The van der Waals surface area contributed by atoms with Crippen molar-refractivity contribution in [3.63, 3.8) is 0 Å². The van der Waals surface area contributed by atoms with Gasteiger partial charge in [0.05, 0.1) is 17.8 Å². The smallest absolute Gasteiger partial charge is 0.263 e. The molecule has 0 fully saturated rings. The maximum Gasteiger partial charge on any atom is 0.263 e. The molecular weight excluding hydrogens is 406 g/mol. The summed E-state index contributed by atoms with van der Waals surface area (Å²) in [5.41, 5.74) is 2.77. The molecule has 6 heteroatoms. The van der Waals surface area contributed by atoms with Crippen molar-refractivity contribution in [2.24, 2.45) is 0 Å². The molecule has 1 amide bonds. The molecule has 2 heterocycles. The van der Waals surface area contributed by atoms with E-state index in [1.54, 1.807) is 0 Å². The second-order valence-electron chi connectivity index (χ2n) is 7.58. The van der Waals surface area contributed by atoms with Crippen molar-refractivity contribution in [3.8, 4) is 11.1 Å². The molecule has 2 aromatic heterocycles. The van der Waals surface area contributed by atoms with Gasteiger partial charge in [-0.05, 0) is 24.5 Å². The van der Waals surface area contributed by atoms with Crippen LogP contribution in [-0.2, 0) is 11.3 Å². The quantitative estimate of drug-likeness (QED) is 0.443. The highest BCUT2D eigenvalue weighted by Gasteiger charge is 2.19. The van der Waals surface area contributed by atoms with Gasteiger partial charge in [0.15, 0.2) is 0 Å². The van der Waals surface area contributed by atoms with Crippen LogP contribution in [-0.4, -0.2) is 15.5 Å². The van der Waals surface area contributed by atoms with E-state index in [0.29, 0.717) is 10.2 Å². The molecule has 1 N–H and O–H groups in total. The molecule has 158 valence electrons. The van der Waals surface area contributed by atoms with Crippen molar-refractivity contribution < 1.29 is 4.79 Å². The molecule has 0 aliphatic carbocycles. The zero-order valence-corrected chi connectivity index (χ0v) is 18.5. The number of hydrogen-bond acceptors (Lipinski definition) is 4. The van der Waals surface area contributed by atoms with E-state index in [0.717, 1.165) is 34.4 Å². The Morgan fingerprint density at radius 2 is 1.77 bits per heavy atom. The number of benzene rings is 2. The van der Waals surface area contributed by atoms with Gasteiger partial charge in [-0.3, -0.25) is 14.2 Å². The Balaban J connectivity index is 1.64. The fourth-order valence-electron chi connectivity index (χ4n) is 3.89. The molecule has 0 saturated carbocycles. The molecule has 0 aliphatic heterocycles. The second-order valence-corrected chi connectivity index (χ2v) is 8.78. The summed E-state index contributed by atoms with van der Waals surface area (Å²) in [6.07, 6.45) is 3.26. The van der Waals surface area contributed by atoms with Crippen molar-refractivity contribution >= 4 is 27.5 Å². The molecule has 0 unspecified atom stereocenters. The summed E-state index contributed by atoms with van der Waals surface area (Å²) in [4.78, 5) is 32.3. The van der Waals surface area contributed by atoms with Gasteiger partial charge in [0.25, 0.3) is 5.56 Å². The number of thiophene rings is 1. The van der Waals surface area contributed by atoms with Crippen molar-refractivity contribution in [1.29, 1.82) is 0 Å². The number of amides is 1. The van der Waals surface area contributed by atoms with Crippen molar-refractivity contribution in [2.75, 3.05) is 0 Å². The van der Waals surface area contributed by atoms with E-state index in [1.165, 1.54) is 22.2 Å². The highest BCUT2D eigenvalue weighted by Crippen LogP contribution is 2.35. The van der Waals surface area contributed by atoms with Gasteiger partial charge in [0, 0.05) is 10.4 Å². The summed E-state index contributed by atoms with van der Waals surface area (Å²) in [7, 11) is 0. The third kappa shape index (κ3) is 4.44. The van der Waals surface area contributed by atoms with E-state index in [-0.39, 0.29) is 24.1 Å². The molecular formula is C25H25N3O2S. The summed E-state index contributed by atoms with van der Waals surface area (Å²) in [6, 6.07) is 19.7. The van der Waals surface area contributed by atoms with Crippen LogP contribution < -0.4 is 10.9 Å². The highest BCUT2D eigenvalue weighted by atomic mass is 32.1. The second kappa shape index (κ2) is 9.27. The van der Waals surface area contributed by atoms with E-state index in [1.807, 2.05) is 67.6 Å². The van der Waals surface area contributed by atoms with E-state index in [9.17, 15) is 9.59 Å². The van der Waals surface area contributed by atoms with Crippen molar-refractivity contribution in [1.82, 2.24) is 14.9 Å². The number of nitrogens with zero attached hydrogens (tertiary/aromatic N) is 2. The maximum atomic E-state index is 13.3. The van der Waals surface area contributed by atoms with Gasteiger partial charge >= 0.3 is 0 Å². The first-order valence-corrected chi connectivity index (χ1v) is 11.3. The van der Waals surface area contributed by atoms with Gasteiger partial charge < -0.3 is 5.32 Å². The topological polar surface area (TPSA) is 64.0 Å². The summed E-state index contributed by atoms with van der Waals surface area (Å²) >= 11 is 1.50. The lowest BCUT2D eigenvalue weighted by Gasteiger charge is -2.19. The summed E-state index contributed by atoms with van der Waals surface area (Å²) in [6.45, 7) is 4.03. The summed E-state index contributed by atoms with van der Waals surface area (Å²) in [5.74, 6) is -0.196. The number of aryl methyl sites for hydroxylation is 1. The van der Waals surface area contributed by atoms with Crippen LogP contribution in [0.3, 0.4) is 0 Å². The number of nitrogens with one attached hydrogen (secondary N) is 1. The predicted molar refractivity (Wildman–Crippen MR) is 126 cm³/mol. The third-order valence-electron chi connectivity index (χ3n) is 5.35. The first kappa shape index (κ1) is 21.0. The van der Waals surface area contributed by atoms with Crippen LogP contribution in [0, 0.1) is 6.92 Å². The van der Waals surface area contributed by atoms with Crippen LogP contribution in [0.25, 0.3) is 21.3 Å². The standard InChI is InChI=1S/C25H25N3O2S/c1-3-10-20(18-11-6-4-7-12-18)27-21(29)15-28-16-26-24-23(25(28)30)22(17(2)31-24)19-13-8-5-9-14-19/h4-9,11-14,16,20H,3,10,15H2,1-2H3,(H,27,29)/t20-/m0/s1. The van der Waals surface area contributed by atoms with Gasteiger partial charge in [-0.15, -0.1) is 11.3 Å². The normalized spacial score (nSPS) is 12.1. The lowest BCUT2D eigenvalue weighted by atomic mass is 10.0. The molecule has 2 aromatic carbocycles. The first-order valence-electron chi connectivity index (χ1n) is 10.5. The van der Waals surface area contributed by atoms with Crippen LogP contribution in [0.5, 0.6) is 0 Å². The molecule has 5 nitrogen and oxygen atoms in total. The molecule has 0 spiro atoms. The molecule has 0 saturated heterocycles. The van der Waals surface area contributed by atoms with E-state index < -0.39 is 0 Å². The van der Waals surface area contributed by atoms with Crippen LogP contribution >= 0.6 is 11.3 Å². The van der Waals surface area contributed by atoms with E-state index in [4.69, 9.17) is 0 Å². The zero-order valence-electron chi connectivity index (χ0n) is 17.7. The van der Waals surface area contributed by atoms with Gasteiger partial charge in [0.1, 0.15) is 11.4 Å². The first-order chi connectivity index (χ1) is 15.1. The van der Waals surface area contributed by atoms with Crippen LogP contribution in [0.15, 0.2) is 71.8 Å². The largest absolute Gasteiger partial charge is 0.348 e. The summed E-state index contributed by atoms with van der Waals surface area (Å²) < 4.78 is 1.41. The Morgan fingerprint density at radius 1 is 1.10 bits per heavy atom. The zero-order chi connectivity index (χ0) is 21.8. The lowest BCUT2D eigenvalue weighted by Crippen LogP contribution is -2.34. The Labute approximate surface area is 185 Å².